The lowest BCUT2D eigenvalue weighted by Crippen LogP contribution is -2.36. The smallest absolute Gasteiger partial charge is 0.0107 e. The van der Waals surface area contributed by atoms with Crippen LogP contribution in [0, 0.1) is 0 Å². The van der Waals surface area contributed by atoms with Crippen LogP contribution in [0.2, 0.25) is 0 Å². The average Bonchev–Trinajstić information content (AvgIpc) is 2.79. The van der Waals surface area contributed by atoms with Crippen molar-refractivity contribution in [3.63, 3.8) is 0 Å². The van der Waals surface area contributed by atoms with Crippen molar-refractivity contribution in [2.75, 3.05) is 26.2 Å². The molecule has 0 saturated carbocycles. The highest BCUT2D eigenvalue weighted by molar-refractivity contribution is 4.70. The van der Waals surface area contributed by atoms with Crippen LogP contribution in [0.5, 0.6) is 0 Å². The molecule has 0 aromatic rings. The third-order valence-electron chi connectivity index (χ3n) is 3.60. The summed E-state index contributed by atoms with van der Waals surface area (Å²) in [6.45, 7) is 9.68. The first-order chi connectivity index (χ1) is 7.86. The summed E-state index contributed by atoms with van der Waals surface area (Å²) in [5.74, 6) is 0. The average molecular weight is 226 g/mol. The largest absolute Gasteiger partial charge is 0.313 e. The van der Waals surface area contributed by atoms with Crippen molar-refractivity contribution in [2.45, 2.75) is 64.8 Å². The molecule has 0 bridgehead atoms. The normalized spacial score (nSPS) is 19.1. The van der Waals surface area contributed by atoms with Gasteiger partial charge in [-0.3, -0.25) is 0 Å². The van der Waals surface area contributed by atoms with Gasteiger partial charge in [-0.2, -0.15) is 0 Å². The molecule has 1 aliphatic heterocycles. The third kappa shape index (κ3) is 5.86. The van der Waals surface area contributed by atoms with Crippen molar-refractivity contribution in [2.24, 2.45) is 0 Å². The predicted molar refractivity (Wildman–Crippen MR) is 71.9 cm³/mol. The SMILES string of the molecule is CCCCC(CCC)NCCN1CCCC1. The molecule has 1 rings (SSSR count). The number of likely N-dealkylation sites (tertiary alicyclic amines) is 1. The quantitative estimate of drug-likeness (QED) is 0.650. The fourth-order valence-corrected chi connectivity index (χ4v) is 2.58. The number of nitrogens with one attached hydrogen (secondary N) is 1. The Kier molecular flexibility index (Phi) is 7.87. The molecule has 2 heteroatoms. The van der Waals surface area contributed by atoms with Gasteiger partial charge in [0.2, 0.25) is 0 Å². The van der Waals surface area contributed by atoms with E-state index in [1.165, 1.54) is 71.1 Å². The molecule has 1 unspecified atom stereocenters. The first kappa shape index (κ1) is 14.0. The maximum absolute atomic E-state index is 3.74. The first-order valence-corrected chi connectivity index (χ1v) is 7.32. The van der Waals surface area contributed by atoms with Crippen LogP contribution in [0.15, 0.2) is 0 Å². The molecule has 16 heavy (non-hydrogen) atoms. The molecule has 0 aromatic carbocycles. The summed E-state index contributed by atoms with van der Waals surface area (Å²) in [6.07, 6.45) is 9.55. The van der Waals surface area contributed by atoms with Crippen LogP contribution in [0.25, 0.3) is 0 Å². The van der Waals surface area contributed by atoms with Crippen LogP contribution in [0.3, 0.4) is 0 Å². The van der Waals surface area contributed by atoms with E-state index in [9.17, 15) is 0 Å². The Labute approximate surface area is 102 Å². The summed E-state index contributed by atoms with van der Waals surface area (Å²) in [4.78, 5) is 2.59. The Hall–Kier alpha value is -0.0800. The Bertz CT molecular complexity index is 153. The van der Waals surface area contributed by atoms with E-state index in [0.717, 1.165) is 6.04 Å². The second kappa shape index (κ2) is 9.00. The Morgan fingerprint density at radius 3 is 2.44 bits per heavy atom. The monoisotopic (exact) mass is 226 g/mol. The molecule has 0 aromatic heterocycles. The van der Waals surface area contributed by atoms with E-state index in [1.807, 2.05) is 0 Å². The van der Waals surface area contributed by atoms with Crippen LogP contribution < -0.4 is 5.32 Å². The maximum Gasteiger partial charge on any atom is 0.0107 e. The van der Waals surface area contributed by atoms with E-state index in [-0.39, 0.29) is 0 Å². The maximum atomic E-state index is 3.74. The highest BCUT2D eigenvalue weighted by Crippen LogP contribution is 2.08. The minimum Gasteiger partial charge on any atom is -0.313 e. The Balaban J connectivity index is 2.05. The summed E-state index contributed by atoms with van der Waals surface area (Å²) in [7, 11) is 0. The van der Waals surface area contributed by atoms with Crippen LogP contribution in [-0.2, 0) is 0 Å². The van der Waals surface area contributed by atoms with Crippen LogP contribution >= 0.6 is 0 Å². The van der Waals surface area contributed by atoms with Crippen molar-refractivity contribution in [3.05, 3.63) is 0 Å². The molecule has 1 saturated heterocycles. The molecule has 2 nitrogen and oxygen atoms in total. The van der Waals surface area contributed by atoms with Gasteiger partial charge in [-0.15, -0.1) is 0 Å². The van der Waals surface area contributed by atoms with Crippen molar-refractivity contribution >= 4 is 0 Å². The number of hydrogen-bond donors (Lipinski definition) is 1. The van der Waals surface area contributed by atoms with E-state index in [1.54, 1.807) is 0 Å². The number of hydrogen-bond acceptors (Lipinski definition) is 2. The Morgan fingerprint density at radius 1 is 1.06 bits per heavy atom. The van der Waals surface area contributed by atoms with E-state index < -0.39 is 0 Å². The zero-order valence-electron chi connectivity index (χ0n) is 11.3. The van der Waals surface area contributed by atoms with Crippen LogP contribution in [0.1, 0.15) is 58.8 Å². The predicted octanol–water partition coefficient (Wildman–Crippen LogP) is 3.03. The van der Waals surface area contributed by atoms with E-state index in [4.69, 9.17) is 0 Å². The summed E-state index contributed by atoms with van der Waals surface area (Å²) in [5, 5.41) is 3.74. The van der Waals surface area contributed by atoms with Gasteiger partial charge in [0, 0.05) is 19.1 Å². The van der Waals surface area contributed by atoms with Gasteiger partial charge >= 0.3 is 0 Å². The zero-order valence-corrected chi connectivity index (χ0v) is 11.3. The number of rotatable bonds is 9. The summed E-state index contributed by atoms with van der Waals surface area (Å²) < 4.78 is 0. The molecule has 1 heterocycles. The lowest BCUT2D eigenvalue weighted by atomic mass is 10.1. The van der Waals surface area contributed by atoms with Gasteiger partial charge in [-0.1, -0.05) is 33.1 Å². The minimum atomic E-state index is 0.771. The molecule has 0 aliphatic carbocycles. The molecule has 0 amide bonds. The van der Waals surface area contributed by atoms with Gasteiger partial charge in [0.05, 0.1) is 0 Å². The summed E-state index contributed by atoms with van der Waals surface area (Å²) in [5.41, 5.74) is 0. The first-order valence-electron chi connectivity index (χ1n) is 7.32. The van der Waals surface area contributed by atoms with E-state index in [0.29, 0.717) is 0 Å². The van der Waals surface area contributed by atoms with Crippen molar-refractivity contribution in [1.82, 2.24) is 10.2 Å². The molecule has 1 aliphatic rings. The zero-order chi connectivity index (χ0) is 11.6. The van der Waals surface area contributed by atoms with Crippen LogP contribution in [0.4, 0.5) is 0 Å². The number of nitrogens with zero attached hydrogens (tertiary/aromatic N) is 1. The van der Waals surface area contributed by atoms with Crippen molar-refractivity contribution in [1.29, 1.82) is 0 Å². The van der Waals surface area contributed by atoms with E-state index in [2.05, 4.69) is 24.1 Å². The molecule has 0 spiro atoms. The van der Waals surface area contributed by atoms with Gasteiger partial charge in [-0.05, 0) is 38.8 Å². The summed E-state index contributed by atoms with van der Waals surface area (Å²) in [6, 6.07) is 0.771. The van der Waals surface area contributed by atoms with Gasteiger partial charge < -0.3 is 10.2 Å². The molecular weight excluding hydrogens is 196 g/mol. The van der Waals surface area contributed by atoms with E-state index >= 15 is 0 Å². The lowest BCUT2D eigenvalue weighted by Gasteiger charge is -2.20. The molecule has 1 fully saturated rings. The molecule has 1 atom stereocenters. The fraction of sp³-hybridized carbons (Fsp3) is 1.00. The second-order valence-corrected chi connectivity index (χ2v) is 5.13. The summed E-state index contributed by atoms with van der Waals surface area (Å²) >= 11 is 0. The Morgan fingerprint density at radius 2 is 1.81 bits per heavy atom. The minimum absolute atomic E-state index is 0.771. The highest BCUT2D eigenvalue weighted by atomic mass is 15.2. The standard InChI is InChI=1S/C14H30N2/c1-3-5-9-14(8-4-2)15-10-13-16-11-6-7-12-16/h14-15H,3-13H2,1-2H3. The highest BCUT2D eigenvalue weighted by Gasteiger charge is 2.11. The molecule has 1 N–H and O–H groups in total. The topological polar surface area (TPSA) is 15.3 Å². The second-order valence-electron chi connectivity index (χ2n) is 5.13. The van der Waals surface area contributed by atoms with Crippen molar-refractivity contribution in [3.8, 4) is 0 Å². The van der Waals surface area contributed by atoms with Gasteiger partial charge in [0.15, 0.2) is 0 Å². The fourth-order valence-electron chi connectivity index (χ4n) is 2.58. The van der Waals surface area contributed by atoms with Gasteiger partial charge in [0.25, 0.3) is 0 Å². The molecule has 96 valence electrons. The molecular formula is C14H30N2. The van der Waals surface area contributed by atoms with Gasteiger partial charge in [-0.25, -0.2) is 0 Å². The van der Waals surface area contributed by atoms with Crippen molar-refractivity contribution < 1.29 is 0 Å². The third-order valence-corrected chi connectivity index (χ3v) is 3.60. The van der Waals surface area contributed by atoms with Crippen LogP contribution in [-0.4, -0.2) is 37.1 Å². The number of unbranched alkanes of at least 4 members (excludes halogenated alkanes) is 1. The lowest BCUT2D eigenvalue weighted by molar-refractivity contribution is 0.319. The van der Waals surface area contributed by atoms with Gasteiger partial charge in [0.1, 0.15) is 0 Å². The molecule has 0 radical (unpaired) electrons.